The summed E-state index contributed by atoms with van der Waals surface area (Å²) in [4.78, 5) is 8.13. The molecule has 6 nitrogen and oxygen atoms in total. The number of nitrogens with zero attached hydrogens (tertiary/aromatic N) is 6. The van der Waals surface area contributed by atoms with E-state index in [-0.39, 0.29) is 6.04 Å². The second kappa shape index (κ2) is 6.66. The van der Waals surface area contributed by atoms with E-state index >= 15 is 0 Å². The average molecular weight is 337 g/mol. The molecule has 0 spiro atoms. The number of likely N-dealkylation sites (tertiary alicyclic amines) is 1. The van der Waals surface area contributed by atoms with Gasteiger partial charge in [0, 0.05) is 18.6 Å². The zero-order valence-corrected chi connectivity index (χ0v) is 14.0. The zero-order valence-electron chi connectivity index (χ0n) is 12.5. The predicted molar refractivity (Wildman–Crippen MR) is 89.7 cm³/mol. The molecule has 3 rings (SSSR count). The van der Waals surface area contributed by atoms with Crippen molar-refractivity contribution in [1.82, 2.24) is 25.1 Å². The highest BCUT2D eigenvalue weighted by Crippen LogP contribution is 2.31. The van der Waals surface area contributed by atoms with Gasteiger partial charge in [-0.15, -0.1) is 15.0 Å². The van der Waals surface area contributed by atoms with Gasteiger partial charge in [-0.05, 0) is 42.5 Å². The highest BCUT2D eigenvalue weighted by molar-refractivity contribution is 8.13. The van der Waals surface area contributed by atoms with Gasteiger partial charge in [0.05, 0.1) is 11.7 Å². The molecule has 0 amide bonds. The van der Waals surface area contributed by atoms with Crippen molar-refractivity contribution >= 4 is 28.5 Å². The van der Waals surface area contributed by atoms with Crippen LogP contribution in [0.25, 0.3) is 5.69 Å². The molecule has 22 heavy (non-hydrogen) atoms. The first-order valence-corrected chi connectivity index (χ1v) is 8.66. The van der Waals surface area contributed by atoms with E-state index in [1.165, 1.54) is 4.80 Å². The van der Waals surface area contributed by atoms with E-state index in [0.717, 1.165) is 36.1 Å². The minimum atomic E-state index is 0.138. The molecule has 8 heteroatoms. The summed E-state index contributed by atoms with van der Waals surface area (Å²) in [5.41, 5.74) is 0.810. The summed E-state index contributed by atoms with van der Waals surface area (Å²) < 4.78 is 0. The van der Waals surface area contributed by atoms with E-state index in [1.807, 2.05) is 37.6 Å². The van der Waals surface area contributed by atoms with Crippen molar-refractivity contribution in [3.05, 3.63) is 35.1 Å². The van der Waals surface area contributed by atoms with Crippen LogP contribution in [0.2, 0.25) is 5.02 Å². The molecular weight excluding hydrogens is 320 g/mol. The van der Waals surface area contributed by atoms with Gasteiger partial charge >= 0.3 is 0 Å². The first-order valence-electron chi connectivity index (χ1n) is 7.06. The molecule has 1 fully saturated rings. The quantitative estimate of drug-likeness (QED) is 0.623. The van der Waals surface area contributed by atoms with Gasteiger partial charge in [0.2, 0.25) is 0 Å². The van der Waals surface area contributed by atoms with Crippen LogP contribution >= 0.6 is 23.4 Å². The second-order valence-corrected chi connectivity index (χ2v) is 6.19. The molecule has 1 saturated heterocycles. The molecule has 0 aliphatic carbocycles. The molecular formula is C14H17ClN6S. The lowest BCUT2D eigenvalue weighted by atomic mass is 10.2. The van der Waals surface area contributed by atoms with Gasteiger partial charge in [-0.2, -0.15) is 0 Å². The maximum Gasteiger partial charge on any atom is 0.197 e. The largest absolute Gasteiger partial charge is 0.341 e. The zero-order chi connectivity index (χ0) is 15.5. The molecule has 0 radical (unpaired) electrons. The van der Waals surface area contributed by atoms with Crippen LogP contribution in [0.3, 0.4) is 0 Å². The van der Waals surface area contributed by atoms with Crippen molar-refractivity contribution in [2.45, 2.75) is 18.9 Å². The van der Waals surface area contributed by atoms with E-state index in [2.05, 4.69) is 25.3 Å². The number of halogens is 1. The van der Waals surface area contributed by atoms with E-state index in [0.29, 0.717) is 5.02 Å². The Hall–Kier alpha value is -1.60. The van der Waals surface area contributed by atoms with Gasteiger partial charge in [0.25, 0.3) is 0 Å². The Morgan fingerprint density at radius 2 is 2.32 bits per heavy atom. The van der Waals surface area contributed by atoms with Crippen LogP contribution < -0.4 is 0 Å². The minimum Gasteiger partial charge on any atom is -0.341 e. The highest BCUT2D eigenvalue weighted by Gasteiger charge is 2.31. The number of amidine groups is 1. The molecule has 1 aliphatic rings. The lowest BCUT2D eigenvalue weighted by Crippen LogP contribution is -2.29. The molecule has 0 saturated carbocycles. The van der Waals surface area contributed by atoms with Crippen LogP contribution in [0.5, 0.6) is 0 Å². The third-order valence-electron chi connectivity index (χ3n) is 3.64. The minimum absolute atomic E-state index is 0.138. The van der Waals surface area contributed by atoms with Gasteiger partial charge in [-0.25, -0.2) is 0 Å². The van der Waals surface area contributed by atoms with Crippen LogP contribution in [0.15, 0.2) is 29.3 Å². The molecule has 2 heterocycles. The third kappa shape index (κ3) is 2.96. The summed E-state index contributed by atoms with van der Waals surface area (Å²) in [5.74, 6) is 0.729. The van der Waals surface area contributed by atoms with Gasteiger partial charge < -0.3 is 4.90 Å². The Morgan fingerprint density at radius 1 is 1.45 bits per heavy atom. The van der Waals surface area contributed by atoms with Gasteiger partial charge in [-0.1, -0.05) is 29.4 Å². The summed E-state index contributed by atoms with van der Waals surface area (Å²) in [6.07, 6.45) is 4.16. The van der Waals surface area contributed by atoms with Gasteiger partial charge in [0.1, 0.15) is 0 Å². The van der Waals surface area contributed by atoms with Crippen molar-refractivity contribution in [3.8, 4) is 5.69 Å². The number of tetrazole rings is 1. The molecule has 1 atom stereocenters. The van der Waals surface area contributed by atoms with E-state index in [1.54, 1.807) is 11.8 Å². The first-order chi connectivity index (χ1) is 10.7. The Kier molecular flexibility index (Phi) is 4.63. The number of benzene rings is 1. The topological polar surface area (TPSA) is 59.2 Å². The second-order valence-electron chi connectivity index (χ2n) is 4.98. The molecule has 1 unspecified atom stereocenters. The summed E-state index contributed by atoms with van der Waals surface area (Å²) in [6, 6.07) is 7.56. The number of hydrogen-bond acceptors (Lipinski definition) is 5. The molecule has 1 aromatic carbocycles. The molecule has 116 valence electrons. The lowest BCUT2D eigenvalue weighted by Gasteiger charge is -2.24. The molecule has 0 bridgehead atoms. The maximum atomic E-state index is 6.01. The van der Waals surface area contributed by atoms with Crippen LogP contribution in [0, 0.1) is 0 Å². The normalized spacial score (nSPS) is 19.0. The van der Waals surface area contributed by atoms with Crippen molar-refractivity contribution in [2.24, 2.45) is 4.99 Å². The van der Waals surface area contributed by atoms with Crippen LogP contribution in [0.1, 0.15) is 24.7 Å². The first kappa shape index (κ1) is 15.3. The van der Waals surface area contributed by atoms with E-state index in [4.69, 9.17) is 11.6 Å². The third-order valence-corrected chi connectivity index (χ3v) is 4.66. The number of aliphatic imine (C=N–C) groups is 1. The Bertz CT molecular complexity index is 685. The van der Waals surface area contributed by atoms with Crippen molar-refractivity contribution < 1.29 is 0 Å². The molecule has 0 N–H and O–H groups in total. The summed E-state index contributed by atoms with van der Waals surface area (Å²) >= 11 is 7.66. The van der Waals surface area contributed by atoms with Gasteiger partial charge in [-0.3, -0.25) is 4.99 Å². The lowest BCUT2D eigenvalue weighted by molar-refractivity contribution is 0.390. The smallest absolute Gasteiger partial charge is 0.197 e. The number of thioether (sulfide) groups is 1. The Morgan fingerprint density at radius 3 is 3.05 bits per heavy atom. The van der Waals surface area contributed by atoms with Crippen LogP contribution in [0.4, 0.5) is 0 Å². The monoisotopic (exact) mass is 336 g/mol. The SMILES string of the molecule is CN=C(SC)N1CCCC1c1nnn(-c2cccc(Cl)c2)n1. The molecule has 2 aromatic rings. The van der Waals surface area contributed by atoms with Gasteiger partial charge in [0.15, 0.2) is 11.0 Å². The number of aromatic nitrogens is 4. The average Bonchev–Trinajstić information content (AvgIpc) is 3.17. The van der Waals surface area contributed by atoms with Crippen molar-refractivity contribution in [1.29, 1.82) is 0 Å². The van der Waals surface area contributed by atoms with E-state index < -0.39 is 0 Å². The fraction of sp³-hybridized carbons (Fsp3) is 0.429. The fourth-order valence-corrected chi connectivity index (χ4v) is 3.49. The van der Waals surface area contributed by atoms with Crippen molar-refractivity contribution in [3.63, 3.8) is 0 Å². The number of rotatable bonds is 2. The van der Waals surface area contributed by atoms with Crippen molar-refractivity contribution in [2.75, 3.05) is 19.8 Å². The van der Waals surface area contributed by atoms with E-state index in [9.17, 15) is 0 Å². The Labute approximate surface area is 138 Å². The van der Waals surface area contributed by atoms with Crippen LogP contribution in [-0.2, 0) is 0 Å². The summed E-state index contributed by atoms with van der Waals surface area (Å²) in [6.45, 7) is 0.976. The maximum absolute atomic E-state index is 6.01. The van der Waals surface area contributed by atoms with Crippen LogP contribution in [-0.4, -0.2) is 50.1 Å². The summed E-state index contributed by atoms with van der Waals surface area (Å²) in [7, 11) is 1.82. The number of hydrogen-bond donors (Lipinski definition) is 0. The Balaban J connectivity index is 1.87. The highest BCUT2D eigenvalue weighted by atomic mass is 35.5. The fourth-order valence-electron chi connectivity index (χ4n) is 2.67. The summed E-state index contributed by atoms with van der Waals surface area (Å²) in [5, 5.41) is 14.6. The molecule has 1 aliphatic heterocycles. The predicted octanol–water partition coefficient (Wildman–Crippen LogP) is 2.80. The molecule has 1 aromatic heterocycles. The standard InChI is InChI=1S/C14H17ClN6S/c1-16-14(22-2)20-8-4-7-12(20)13-17-19-21(18-13)11-6-3-5-10(15)9-11/h3,5-6,9,12H,4,7-8H2,1-2H3.